The summed E-state index contributed by atoms with van der Waals surface area (Å²) in [5, 5.41) is 11.4. The second-order valence-electron chi connectivity index (χ2n) is 9.18. The summed E-state index contributed by atoms with van der Waals surface area (Å²) in [7, 11) is 0. The summed E-state index contributed by atoms with van der Waals surface area (Å²) in [4.78, 5) is 46.2. The molecule has 0 radical (unpaired) electrons. The van der Waals surface area contributed by atoms with Crippen molar-refractivity contribution in [1.29, 1.82) is 0 Å². The van der Waals surface area contributed by atoms with Gasteiger partial charge in [0.1, 0.15) is 11.5 Å². The Hall–Kier alpha value is -3.88. The number of ketones is 1. The van der Waals surface area contributed by atoms with E-state index in [4.69, 9.17) is 9.47 Å². The highest BCUT2D eigenvalue weighted by Crippen LogP contribution is 2.42. The minimum atomic E-state index is -0.751. The summed E-state index contributed by atoms with van der Waals surface area (Å²) < 4.78 is 10.8. The molecule has 3 aliphatic rings. The molecule has 0 saturated carbocycles. The number of piperidine rings is 1. The number of fused-ring (bicyclic) bond motifs is 1. The highest BCUT2D eigenvalue weighted by Gasteiger charge is 2.49. The number of aromatic nitrogens is 1. The van der Waals surface area contributed by atoms with Crippen LogP contribution in [0.4, 0.5) is 4.79 Å². The topological polar surface area (TPSA) is 109 Å². The lowest BCUT2D eigenvalue weighted by Gasteiger charge is -2.38. The van der Waals surface area contributed by atoms with Crippen molar-refractivity contribution in [3.05, 3.63) is 65.0 Å². The van der Waals surface area contributed by atoms with Gasteiger partial charge in [-0.05, 0) is 74.1 Å². The van der Waals surface area contributed by atoms with Crippen LogP contribution < -0.4 is 4.74 Å². The van der Waals surface area contributed by atoms with Crippen molar-refractivity contribution in [2.45, 2.75) is 44.7 Å². The monoisotopic (exact) mass is 491 g/mol. The van der Waals surface area contributed by atoms with Crippen LogP contribution in [0.15, 0.2) is 48.3 Å². The molecule has 3 aliphatic heterocycles. The van der Waals surface area contributed by atoms with Crippen molar-refractivity contribution in [2.24, 2.45) is 0 Å². The van der Waals surface area contributed by atoms with E-state index in [2.05, 4.69) is 4.98 Å². The number of pyridine rings is 1. The zero-order valence-corrected chi connectivity index (χ0v) is 20.2. The minimum Gasteiger partial charge on any atom is -0.507 e. The van der Waals surface area contributed by atoms with Crippen molar-refractivity contribution in [2.75, 3.05) is 26.3 Å². The van der Waals surface area contributed by atoms with Gasteiger partial charge in [-0.1, -0.05) is 0 Å². The smallest absolute Gasteiger partial charge is 0.409 e. The first kappa shape index (κ1) is 23.8. The molecule has 5 rings (SSSR count). The number of amides is 2. The van der Waals surface area contributed by atoms with Gasteiger partial charge in [0.2, 0.25) is 0 Å². The molecule has 1 aromatic heterocycles. The lowest BCUT2D eigenvalue weighted by molar-refractivity contribution is -0.142. The molecule has 1 unspecified atom stereocenters. The number of carbonyl (C=O) groups is 3. The summed E-state index contributed by atoms with van der Waals surface area (Å²) in [5.41, 5.74) is 2.20. The predicted octanol–water partition coefficient (Wildman–Crippen LogP) is 3.45. The minimum absolute atomic E-state index is 0.0655. The molecule has 0 bridgehead atoms. The van der Waals surface area contributed by atoms with Crippen LogP contribution in [0.1, 0.15) is 48.9 Å². The first-order valence-corrected chi connectivity index (χ1v) is 12.4. The molecule has 2 fully saturated rings. The Balaban J connectivity index is 1.51. The summed E-state index contributed by atoms with van der Waals surface area (Å²) >= 11 is 0. The van der Waals surface area contributed by atoms with Crippen LogP contribution >= 0.6 is 0 Å². The zero-order valence-electron chi connectivity index (χ0n) is 20.2. The summed E-state index contributed by atoms with van der Waals surface area (Å²) in [6.45, 7) is 3.54. The quantitative estimate of drug-likeness (QED) is 0.396. The fraction of sp³-hybridized carbons (Fsp3) is 0.407. The van der Waals surface area contributed by atoms with Crippen LogP contribution in [0.2, 0.25) is 0 Å². The molecular formula is C27H29N3O6. The van der Waals surface area contributed by atoms with E-state index in [1.165, 1.54) is 0 Å². The molecule has 9 heteroatoms. The molecule has 188 valence electrons. The largest absolute Gasteiger partial charge is 0.507 e. The van der Waals surface area contributed by atoms with Gasteiger partial charge in [-0.3, -0.25) is 14.6 Å². The fourth-order valence-electron chi connectivity index (χ4n) is 5.30. The Morgan fingerprint density at radius 3 is 2.64 bits per heavy atom. The Kier molecular flexibility index (Phi) is 6.63. The summed E-state index contributed by atoms with van der Waals surface area (Å²) in [6.07, 6.45) is 5.54. The number of aryl methyl sites for hydroxylation is 1. The van der Waals surface area contributed by atoms with E-state index in [9.17, 15) is 19.5 Å². The third-order valence-corrected chi connectivity index (χ3v) is 7.07. The summed E-state index contributed by atoms with van der Waals surface area (Å²) in [6, 6.07) is 7.84. The Bertz CT molecular complexity index is 1200. The van der Waals surface area contributed by atoms with Crippen molar-refractivity contribution in [3.63, 3.8) is 0 Å². The number of hydrogen-bond donors (Lipinski definition) is 1. The van der Waals surface area contributed by atoms with E-state index in [1.54, 1.807) is 53.4 Å². The maximum atomic E-state index is 13.4. The molecule has 0 aliphatic carbocycles. The highest BCUT2D eigenvalue weighted by atomic mass is 16.6. The van der Waals surface area contributed by atoms with Crippen molar-refractivity contribution in [1.82, 2.24) is 14.8 Å². The number of carbonyl (C=O) groups excluding carboxylic acids is 3. The molecule has 0 spiro atoms. The number of likely N-dealkylation sites (tertiary alicyclic amines) is 2. The van der Waals surface area contributed by atoms with E-state index < -0.39 is 17.7 Å². The van der Waals surface area contributed by atoms with Crippen molar-refractivity contribution in [3.8, 4) is 5.75 Å². The third-order valence-electron chi connectivity index (χ3n) is 7.07. The number of nitrogens with zero attached hydrogens (tertiary/aromatic N) is 3. The molecular weight excluding hydrogens is 462 g/mol. The van der Waals surface area contributed by atoms with E-state index in [-0.39, 0.29) is 23.5 Å². The van der Waals surface area contributed by atoms with Crippen LogP contribution in [0.3, 0.4) is 0 Å². The van der Waals surface area contributed by atoms with Crippen molar-refractivity contribution < 1.29 is 29.0 Å². The Labute approximate surface area is 209 Å². The molecule has 2 amide bonds. The highest BCUT2D eigenvalue weighted by molar-refractivity contribution is 6.46. The second-order valence-corrected chi connectivity index (χ2v) is 9.18. The average Bonchev–Trinajstić information content (AvgIpc) is 3.18. The average molecular weight is 492 g/mol. The van der Waals surface area contributed by atoms with E-state index in [0.717, 1.165) is 24.2 Å². The molecule has 36 heavy (non-hydrogen) atoms. The van der Waals surface area contributed by atoms with Gasteiger partial charge < -0.3 is 24.4 Å². The van der Waals surface area contributed by atoms with Gasteiger partial charge in [0.15, 0.2) is 0 Å². The van der Waals surface area contributed by atoms with E-state index >= 15 is 0 Å². The Morgan fingerprint density at radius 1 is 1.17 bits per heavy atom. The number of benzene rings is 1. The number of hydrogen-bond acceptors (Lipinski definition) is 7. The van der Waals surface area contributed by atoms with Gasteiger partial charge in [0.05, 0.1) is 24.8 Å². The van der Waals surface area contributed by atoms with Gasteiger partial charge in [0.25, 0.3) is 11.7 Å². The normalized spacial score (nSPS) is 21.8. The van der Waals surface area contributed by atoms with E-state index in [1.807, 2.05) is 6.07 Å². The van der Waals surface area contributed by atoms with Gasteiger partial charge >= 0.3 is 6.09 Å². The maximum absolute atomic E-state index is 13.4. The van der Waals surface area contributed by atoms with Crippen LogP contribution in [-0.2, 0) is 20.7 Å². The second kappa shape index (κ2) is 10.0. The molecule has 1 aromatic carbocycles. The van der Waals surface area contributed by atoms with Gasteiger partial charge in [-0.15, -0.1) is 0 Å². The van der Waals surface area contributed by atoms with Crippen LogP contribution in [0.25, 0.3) is 5.76 Å². The SMILES string of the molecule is CCOC(=O)N1CCC(N2C(=O)C(=O)/C(=C(\O)c3ccc4c(c3)CCCO4)C2c2ccncc2)CC1. The first-order valence-electron chi connectivity index (χ1n) is 12.4. The molecule has 1 atom stereocenters. The number of rotatable bonds is 4. The number of Topliss-reactive ketones (excluding diaryl/α,β-unsaturated/α-hetero) is 1. The van der Waals surface area contributed by atoms with Crippen LogP contribution in [0.5, 0.6) is 5.75 Å². The van der Waals surface area contributed by atoms with E-state index in [0.29, 0.717) is 50.3 Å². The zero-order chi connectivity index (χ0) is 25.2. The van der Waals surface area contributed by atoms with Gasteiger partial charge in [-0.2, -0.15) is 0 Å². The maximum Gasteiger partial charge on any atom is 0.409 e. The summed E-state index contributed by atoms with van der Waals surface area (Å²) in [5.74, 6) is -0.780. The third kappa shape index (κ3) is 4.29. The molecule has 2 aromatic rings. The fourth-order valence-corrected chi connectivity index (χ4v) is 5.30. The number of aliphatic hydroxyl groups excluding tert-OH is 1. The number of ether oxygens (including phenoxy) is 2. The van der Waals surface area contributed by atoms with Crippen LogP contribution in [-0.4, -0.2) is 70.0 Å². The van der Waals surface area contributed by atoms with Crippen LogP contribution in [0, 0.1) is 0 Å². The molecule has 9 nitrogen and oxygen atoms in total. The van der Waals surface area contributed by atoms with Gasteiger partial charge in [-0.25, -0.2) is 4.79 Å². The number of aliphatic hydroxyl groups is 1. The van der Waals surface area contributed by atoms with Crippen molar-refractivity contribution >= 4 is 23.5 Å². The molecule has 4 heterocycles. The molecule has 2 saturated heterocycles. The lowest BCUT2D eigenvalue weighted by atomic mass is 9.93. The Morgan fingerprint density at radius 2 is 1.92 bits per heavy atom. The van der Waals surface area contributed by atoms with Gasteiger partial charge in [0, 0.05) is 37.1 Å². The molecule has 1 N–H and O–H groups in total. The standard InChI is InChI=1S/C27H29N3O6/c1-2-35-27(34)29-13-9-20(10-14-29)30-23(17-7-11-28-12-8-17)22(25(32)26(30)33)24(31)19-5-6-21-18(16-19)4-3-15-36-21/h5-8,11-12,16,20,23,31H,2-4,9-10,13-15H2,1H3/b24-22-. The first-order chi connectivity index (χ1) is 17.5. The predicted molar refractivity (Wildman–Crippen MR) is 130 cm³/mol. The lowest BCUT2D eigenvalue weighted by Crippen LogP contribution is -2.48.